The molecule has 2 N–H and O–H groups in total. The molecule has 116 valence electrons. The Morgan fingerprint density at radius 3 is 2.67 bits per heavy atom. The van der Waals surface area contributed by atoms with Gasteiger partial charge < -0.3 is 10.5 Å². The Morgan fingerprint density at radius 1 is 1.19 bits per heavy atom. The van der Waals surface area contributed by atoms with E-state index in [1.54, 1.807) is 0 Å². The van der Waals surface area contributed by atoms with Crippen LogP contribution in [0, 0.1) is 5.92 Å². The van der Waals surface area contributed by atoms with Gasteiger partial charge in [0.1, 0.15) is 0 Å². The maximum absolute atomic E-state index is 6.05. The van der Waals surface area contributed by atoms with E-state index in [1.807, 2.05) is 7.11 Å². The molecule has 1 aliphatic carbocycles. The minimum Gasteiger partial charge on any atom is -0.380 e. The molecular weight excluding hydrogens is 260 g/mol. The summed E-state index contributed by atoms with van der Waals surface area (Å²) in [7, 11) is 1.84. The lowest BCUT2D eigenvalue weighted by Crippen LogP contribution is -2.45. The first kappa shape index (κ1) is 15.0. The van der Waals surface area contributed by atoms with Crippen LogP contribution in [0.15, 0.2) is 30.3 Å². The lowest BCUT2D eigenvalue weighted by atomic mass is 9.75. The first-order valence-corrected chi connectivity index (χ1v) is 8.33. The second-order valence-electron chi connectivity index (χ2n) is 6.63. The van der Waals surface area contributed by atoms with E-state index in [-0.39, 0.29) is 0 Å². The molecule has 3 rings (SSSR count). The summed E-state index contributed by atoms with van der Waals surface area (Å²) < 4.78 is 5.54. The Bertz CT molecular complexity index is 436. The molecule has 1 saturated heterocycles. The van der Waals surface area contributed by atoms with Crippen LogP contribution >= 0.6 is 0 Å². The summed E-state index contributed by atoms with van der Waals surface area (Å²) in [6, 6.07) is 11.6. The van der Waals surface area contributed by atoms with Crippen LogP contribution in [0.2, 0.25) is 0 Å². The fraction of sp³-hybridized carbons (Fsp3) is 0.667. The molecule has 1 aromatic carbocycles. The van der Waals surface area contributed by atoms with E-state index in [0.717, 1.165) is 13.1 Å². The zero-order valence-electron chi connectivity index (χ0n) is 13.1. The van der Waals surface area contributed by atoms with E-state index in [9.17, 15) is 0 Å². The summed E-state index contributed by atoms with van der Waals surface area (Å²) in [5.74, 6) is 1.35. The number of hydrogen-bond acceptors (Lipinski definition) is 3. The van der Waals surface area contributed by atoms with Crippen molar-refractivity contribution in [3.05, 3.63) is 35.9 Å². The number of likely N-dealkylation sites (tertiary alicyclic amines) is 1. The Kier molecular flexibility index (Phi) is 4.94. The van der Waals surface area contributed by atoms with Crippen molar-refractivity contribution in [3.8, 4) is 0 Å². The van der Waals surface area contributed by atoms with Gasteiger partial charge in [0.2, 0.25) is 0 Å². The van der Waals surface area contributed by atoms with Gasteiger partial charge in [-0.1, -0.05) is 30.3 Å². The third-order valence-electron chi connectivity index (χ3n) is 5.51. The number of methoxy groups -OCH3 is 1. The van der Waals surface area contributed by atoms with Crippen LogP contribution in [0.25, 0.3) is 0 Å². The molecule has 0 radical (unpaired) electrons. The number of nitrogens with two attached hydrogens (primary N) is 1. The Balaban J connectivity index is 1.70. The number of benzene rings is 1. The van der Waals surface area contributed by atoms with E-state index >= 15 is 0 Å². The highest BCUT2D eigenvalue weighted by Gasteiger charge is 2.37. The summed E-state index contributed by atoms with van der Waals surface area (Å²) in [6.07, 6.45) is 5.38. The Labute approximate surface area is 128 Å². The fourth-order valence-electron chi connectivity index (χ4n) is 4.21. The van der Waals surface area contributed by atoms with Crippen LogP contribution in [0.5, 0.6) is 0 Å². The smallest absolute Gasteiger partial charge is 0.0710 e. The maximum Gasteiger partial charge on any atom is 0.0710 e. The molecule has 1 aliphatic heterocycles. The summed E-state index contributed by atoms with van der Waals surface area (Å²) in [4.78, 5) is 2.64. The lowest BCUT2D eigenvalue weighted by molar-refractivity contribution is 0.0773. The second-order valence-corrected chi connectivity index (χ2v) is 6.63. The zero-order valence-corrected chi connectivity index (χ0v) is 13.1. The number of nitrogens with zero attached hydrogens (tertiary/aromatic N) is 1. The van der Waals surface area contributed by atoms with E-state index < -0.39 is 0 Å². The summed E-state index contributed by atoms with van der Waals surface area (Å²) in [5.41, 5.74) is 7.56. The van der Waals surface area contributed by atoms with Crippen LogP contribution in [0.1, 0.15) is 37.2 Å². The monoisotopic (exact) mass is 288 g/mol. The van der Waals surface area contributed by atoms with Gasteiger partial charge in [-0.3, -0.25) is 4.90 Å². The quantitative estimate of drug-likeness (QED) is 0.925. The van der Waals surface area contributed by atoms with Crippen molar-refractivity contribution in [1.29, 1.82) is 0 Å². The van der Waals surface area contributed by atoms with Crippen LogP contribution in [0.4, 0.5) is 0 Å². The van der Waals surface area contributed by atoms with E-state index in [0.29, 0.717) is 24.0 Å². The molecule has 0 bridgehead atoms. The number of rotatable bonds is 4. The third-order valence-corrected chi connectivity index (χ3v) is 5.51. The largest absolute Gasteiger partial charge is 0.380 e. The standard InChI is InChI=1S/C18H28N2O/c1-21-17-9-10-20(13-17)18-11-15(7-8-16(18)12-19)14-5-3-2-4-6-14/h2-6,15-18H,7-13,19H2,1H3. The second kappa shape index (κ2) is 6.91. The van der Waals surface area contributed by atoms with Crippen molar-refractivity contribution in [1.82, 2.24) is 4.90 Å². The molecule has 0 amide bonds. The molecule has 1 aromatic rings. The van der Waals surface area contributed by atoms with Gasteiger partial charge in [-0.05, 0) is 49.6 Å². The van der Waals surface area contributed by atoms with Crippen LogP contribution in [0.3, 0.4) is 0 Å². The molecule has 21 heavy (non-hydrogen) atoms. The summed E-state index contributed by atoms with van der Waals surface area (Å²) in [5, 5.41) is 0. The van der Waals surface area contributed by atoms with E-state index in [4.69, 9.17) is 10.5 Å². The van der Waals surface area contributed by atoms with Gasteiger partial charge in [0.25, 0.3) is 0 Å². The third kappa shape index (κ3) is 3.31. The molecular formula is C18H28N2O. The van der Waals surface area contributed by atoms with Crippen molar-refractivity contribution in [3.63, 3.8) is 0 Å². The fourth-order valence-corrected chi connectivity index (χ4v) is 4.21. The van der Waals surface area contributed by atoms with Gasteiger partial charge in [-0.15, -0.1) is 0 Å². The predicted molar refractivity (Wildman–Crippen MR) is 86.4 cm³/mol. The van der Waals surface area contributed by atoms with E-state index in [2.05, 4.69) is 35.2 Å². The maximum atomic E-state index is 6.05. The van der Waals surface area contributed by atoms with Gasteiger partial charge >= 0.3 is 0 Å². The average molecular weight is 288 g/mol. The minimum absolute atomic E-state index is 0.417. The number of ether oxygens (including phenoxy) is 1. The Morgan fingerprint density at radius 2 is 2.00 bits per heavy atom. The Hall–Kier alpha value is -0.900. The molecule has 0 spiro atoms. The highest BCUT2D eigenvalue weighted by atomic mass is 16.5. The minimum atomic E-state index is 0.417. The molecule has 3 nitrogen and oxygen atoms in total. The normalized spacial score (nSPS) is 34.2. The van der Waals surface area contributed by atoms with Gasteiger partial charge in [0.05, 0.1) is 6.10 Å². The molecule has 4 unspecified atom stereocenters. The molecule has 1 heterocycles. The number of hydrogen-bond donors (Lipinski definition) is 1. The molecule has 2 fully saturated rings. The first-order valence-electron chi connectivity index (χ1n) is 8.33. The van der Waals surface area contributed by atoms with Crippen molar-refractivity contribution in [2.45, 2.75) is 43.7 Å². The SMILES string of the molecule is COC1CCN(C2CC(c3ccccc3)CCC2CN)C1. The molecule has 0 aromatic heterocycles. The zero-order chi connectivity index (χ0) is 14.7. The highest BCUT2D eigenvalue weighted by molar-refractivity contribution is 5.20. The molecule has 2 aliphatic rings. The van der Waals surface area contributed by atoms with Crippen molar-refractivity contribution in [2.75, 3.05) is 26.7 Å². The van der Waals surface area contributed by atoms with Crippen LogP contribution < -0.4 is 5.73 Å². The van der Waals surface area contributed by atoms with E-state index in [1.165, 1.54) is 37.8 Å². The average Bonchev–Trinajstić information content (AvgIpc) is 3.04. The van der Waals surface area contributed by atoms with Crippen LogP contribution in [-0.4, -0.2) is 43.8 Å². The molecule has 1 saturated carbocycles. The summed E-state index contributed by atoms with van der Waals surface area (Å²) in [6.45, 7) is 3.07. The topological polar surface area (TPSA) is 38.5 Å². The van der Waals surface area contributed by atoms with Crippen molar-refractivity contribution >= 4 is 0 Å². The van der Waals surface area contributed by atoms with Gasteiger partial charge in [0, 0.05) is 26.2 Å². The molecule has 4 atom stereocenters. The summed E-state index contributed by atoms with van der Waals surface area (Å²) >= 11 is 0. The van der Waals surface area contributed by atoms with Crippen molar-refractivity contribution < 1.29 is 4.74 Å². The predicted octanol–water partition coefficient (Wildman–Crippen LogP) is 2.62. The lowest BCUT2D eigenvalue weighted by Gasteiger charge is -2.41. The first-order chi connectivity index (χ1) is 10.3. The molecule has 3 heteroatoms. The van der Waals surface area contributed by atoms with Gasteiger partial charge in [0.15, 0.2) is 0 Å². The highest BCUT2D eigenvalue weighted by Crippen LogP contribution is 2.39. The van der Waals surface area contributed by atoms with Gasteiger partial charge in [-0.2, -0.15) is 0 Å². The van der Waals surface area contributed by atoms with Gasteiger partial charge in [-0.25, -0.2) is 0 Å². The van der Waals surface area contributed by atoms with Crippen LogP contribution in [-0.2, 0) is 4.74 Å². The van der Waals surface area contributed by atoms with Crippen molar-refractivity contribution in [2.24, 2.45) is 11.7 Å².